The summed E-state index contributed by atoms with van der Waals surface area (Å²) >= 11 is -2.45. The van der Waals surface area contributed by atoms with E-state index in [2.05, 4.69) is 69.2 Å². The molecule has 0 aromatic rings. The third kappa shape index (κ3) is 7.30. The van der Waals surface area contributed by atoms with Gasteiger partial charge in [0.15, 0.2) is 0 Å². The van der Waals surface area contributed by atoms with Crippen molar-refractivity contribution in [3.05, 3.63) is 0 Å². The molecular formula is C19H42Ge2O. The first-order valence-corrected chi connectivity index (χ1v) is 16.8. The van der Waals surface area contributed by atoms with E-state index in [1.807, 2.05) is 0 Å². The van der Waals surface area contributed by atoms with Crippen molar-refractivity contribution in [1.29, 1.82) is 0 Å². The molecule has 0 saturated heterocycles. The van der Waals surface area contributed by atoms with Gasteiger partial charge in [-0.15, -0.1) is 0 Å². The molecule has 0 aromatic heterocycles. The van der Waals surface area contributed by atoms with Gasteiger partial charge < -0.3 is 0 Å². The van der Waals surface area contributed by atoms with Crippen LogP contribution in [-0.4, -0.2) is 34.6 Å². The van der Waals surface area contributed by atoms with Gasteiger partial charge in [-0.25, -0.2) is 0 Å². The molecule has 0 N–H and O–H groups in total. The van der Waals surface area contributed by atoms with E-state index < -0.39 is 29.0 Å². The van der Waals surface area contributed by atoms with Crippen LogP contribution in [0.25, 0.3) is 0 Å². The molecule has 0 unspecified atom stereocenters. The van der Waals surface area contributed by atoms with Gasteiger partial charge in [-0.05, 0) is 0 Å². The van der Waals surface area contributed by atoms with Crippen LogP contribution in [-0.2, 0) is 3.76 Å². The van der Waals surface area contributed by atoms with Crippen molar-refractivity contribution < 1.29 is 3.76 Å². The van der Waals surface area contributed by atoms with Gasteiger partial charge in [-0.3, -0.25) is 0 Å². The molecule has 0 spiro atoms. The van der Waals surface area contributed by atoms with Crippen LogP contribution in [0.4, 0.5) is 0 Å². The van der Waals surface area contributed by atoms with Gasteiger partial charge in [0.1, 0.15) is 0 Å². The first-order valence-electron chi connectivity index (χ1n) is 9.36. The van der Waals surface area contributed by atoms with Crippen LogP contribution in [0.15, 0.2) is 0 Å². The maximum absolute atomic E-state index is 6.80. The van der Waals surface area contributed by atoms with Crippen molar-refractivity contribution in [2.24, 2.45) is 0 Å². The first kappa shape index (κ1) is 23.0. The Hall–Kier alpha value is 1.05. The first-order chi connectivity index (χ1) is 9.95. The zero-order valence-corrected chi connectivity index (χ0v) is 21.3. The Labute approximate surface area is 150 Å². The molecule has 0 aliphatic heterocycles. The average Bonchev–Trinajstić information content (AvgIpc) is 2.40. The minimum atomic E-state index is -1.26. The van der Waals surface area contributed by atoms with E-state index >= 15 is 0 Å². The SMILES string of the molecule is C[CH2][Ge]([CH2]C)[O]C(CC)(CC)C[CH2][Ge]([C](C)(C)C)[C](C)(C)C. The molecule has 1 nitrogen and oxygen atoms in total. The Morgan fingerprint density at radius 2 is 1.14 bits per heavy atom. The van der Waals surface area contributed by atoms with Crippen LogP contribution in [0.1, 0.15) is 88.5 Å². The van der Waals surface area contributed by atoms with E-state index in [9.17, 15) is 0 Å². The molecule has 0 saturated carbocycles. The molecule has 0 aliphatic rings. The van der Waals surface area contributed by atoms with Crippen molar-refractivity contribution in [3.63, 3.8) is 0 Å². The van der Waals surface area contributed by atoms with Crippen LogP contribution >= 0.6 is 0 Å². The molecular weight excluding hydrogens is 389 g/mol. The van der Waals surface area contributed by atoms with E-state index in [0.717, 1.165) is 0 Å². The Morgan fingerprint density at radius 3 is 1.41 bits per heavy atom. The van der Waals surface area contributed by atoms with E-state index in [-0.39, 0.29) is 5.60 Å². The van der Waals surface area contributed by atoms with Gasteiger partial charge in [0.2, 0.25) is 0 Å². The summed E-state index contributed by atoms with van der Waals surface area (Å²) in [6.07, 6.45) is 3.69. The van der Waals surface area contributed by atoms with Crippen molar-refractivity contribution in [1.82, 2.24) is 0 Å². The van der Waals surface area contributed by atoms with Crippen LogP contribution in [0, 0.1) is 0 Å². The third-order valence-electron chi connectivity index (χ3n) is 5.08. The minimum absolute atomic E-state index is 0.191. The van der Waals surface area contributed by atoms with Crippen molar-refractivity contribution >= 4 is 29.0 Å². The number of hydrogen-bond acceptors (Lipinski definition) is 1. The van der Waals surface area contributed by atoms with Gasteiger partial charge in [-0.1, -0.05) is 0 Å². The molecule has 0 rings (SSSR count). The zero-order chi connectivity index (χ0) is 17.6. The molecule has 3 heteroatoms. The van der Waals surface area contributed by atoms with Crippen LogP contribution < -0.4 is 0 Å². The molecule has 0 bridgehead atoms. The molecule has 0 aliphatic carbocycles. The topological polar surface area (TPSA) is 9.23 Å². The summed E-state index contributed by atoms with van der Waals surface area (Å²) < 4.78 is 7.86. The van der Waals surface area contributed by atoms with Crippen molar-refractivity contribution in [3.8, 4) is 0 Å². The summed E-state index contributed by atoms with van der Waals surface area (Å²) in [6.45, 7) is 24.2. The van der Waals surface area contributed by atoms with Crippen molar-refractivity contribution in [2.75, 3.05) is 0 Å². The van der Waals surface area contributed by atoms with E-state index in [1.165, 1.54) is 35.0 Å². The van der Waals surface area contributed by atoms with Crippen LogP contribution in [0.2, 0.25) is 24.3 Å². The summed E-state index contributed by atoms with van der Waals surface area (Å²) in [5.74, 6) is 0. The normalized spacial score (nSPS) is 14.2. The fourth-order valence-electron chi connectivity index (χ4n) is 3.73. The fourth-order valence-corrected chi connectivity index (χ4v) is 16.8. The molecule has 0 amide bonds. The average molecular weight is 432 g/mol. The quantitative estimate of drug-likeness (QED) is 0.354. The molecule has 0 fully saturated rings. The van der Waals surface area contributed by atoms with Gasteiger partial charge in [-0.2, -0.15) is 0 Å². The zero-order valence-electron chi connectivity index (χ0n) is 17.2. The molecule has 0 atom stereocenters. The fraction of sp³-hybridized carbons (Fsp3) is 1.00. The Kier molecular flexibility index (Phi) is 9.96. The maximum atomic E-state index is 6.80. The monoisotopic (exact) mass is 434 g/mol. The Bertz CT molecular complexity index is 280. The Balaban J connectivity index is 5.09. The number of rotatable bonds is 9. The molecule has 132 valence electrons. The summed E-state index contributed by atoms with van der Waals surface area (Å²) in [5.41, 5.74) is 0.191. The third-order valence-corrected chi connectivity index (χ3v) is 19.1. The second kappa shape index (κ2) is 9.51. The van der Waals surface area contributed by atoms with E-state index in [0.29, 0.717) is 8.49 Å². The van der Waals surface area contributed by atoms with Crippen molar-refractivity contribution in [2.45, 2.75) is 118 Å². The van der Waals surface area contributed by atoms with Gasteiger partial charge >= 0.3 is 151 Å². The molecule has 0 heterocycles. The second-order valence-electron chi connectivity index (χ2n) is 8.72. The predicted octanol–water partition coefficient (Wildman–Crippen LogP) is 7.08. The summed E-state index contributed by atoms with van der Waals surface area (Å²) in [7, 11) is 0. The Morgan fingerprint density at radius 1 is 0.727 bits per heavy atom. The van der Waals surface area contributed by atoms with E-state index in [1.54, 1.807) is 0 Å². The molecule has 0 aromatic carbocycles. The summed E-state index contributed by atoms with van der Waals surface area (Å²) in [6, 6.07) is 0. The molecule has 2 radical (unpaired) electrons. The van der Waals surface area contributed by atoms with Crippen LogP contribution in [0.5, 0.6) is 0 Å². The van der Waals surface area contributed by atoms with E-state index in [4.69, 9.17) is 3.76 Å². The van der Waals surface area contributed by atoms with Gasteiger partial charge in [0, 0.05) is 0 Å². The van der Waals surface area contributed by atoms with Gasteiger partial charge in [0.05, 0.1) is 0 Å². The summed E-state index contributed by atoms with van der Waals surface area (Å²) in [4.78, 5) is 0. The summed E-state index contributed by atoms with van der Waals surface area (Å²) in [5, 5.41) is 4.06. The van der Waals surface area contributed by atoms with Crippen LogP contribution in [0.3, 0.4) is 0 Å². The number of hydrogen-bond donors (Lipinski definition) is 0. The second-order valence-corrected chi connectivity index (χ2v) is 23.7. The standard InChI is InChI=1S/C19H42Ge2O/c1-11-19(12-2,22-20(13-3)14-4)15-16-21(17(5,6)7)18(8,9)10/h11-16H2,1-10H3. The predicted molar refractivity (Wildman–Crippen MR) is 106 cm³/mol. The molecule has 22 heavy (non-hydrogen) atoms. The van der Waals surface area contributed by atoms with Gasteiger partial charge in [0.25, 0.3) is 0 Å².